The van der Waals surface area contributed by atoms with Gasteiger partial charge in [-0.25, -0.2) is 4.57 Å². The summed E-state index contributed by atoms with van der Waals surface area (Å²) in [7, 11) is -4.98. The van der Waals surface area contributed by atoms with Crippen molar-refractivity contribution in [2.75, 3.05) is 0 Å². The predicted octanol–water partition coefficient (Wildman–Crippen LogP) is 9.97. The minimum absolute atomic E-state index is 0.0868. The van der Waals surface area contributed by atoms with Crippen molar-refractivity contribution in [2.45, 2.75) is 105 Å². The van der Waals surface area contributed by atoms with E-state index in [1.807, 2.05) is 78.0 Å². The first-order chi connectivity index (χ1) is 15.7. The van der Waals surface area contributed by atoms with Gasteiger partial charge in [-0.15, -0.1) is 4.20 Å². The molecule has 0 heterocycles. The first kappa shape index (κ1) is 29.2. The molecule has 0 bridgehead atoms. The van der Waals surface area contributed by atoms with E-state index in [0.29, 0.717) is 0 Å². The van der Waals surface area contributed by atoms with Gasteiger partial charge in [0.1, 0.15) is 11.5 Å². The Morgan fingerprint density at radius 1 is 0.686 bits per heavy atom. The van der Waals surface area contributed by atoms with E-state index in [4.69, 9.17) is 9.05 Å². The Morgan fingerprint density at radius 2 is 1.09 bits per heavy atom. The maximum absolute atomic E-state index is 15.5. The zero-order valence-corrected chi connectivity index (χ0v) is 24.6. The molecule has 0 saturated carbocycles. The Kier molecular flexibility index (Phi) is 8.14. The smallest absolute Gasteiger partial charge is 0.392 e. The van der Waals surface area contributed by atoms with Crippen molar-refractivity contribution in [3.05, 3.63) is 70.8 Å². The second-order valence-corrected chi connectivity index (χ2v) is 14.2. The summed E-state index contributed by atoms with van der Waals surface area (Å²) in [5.41, 5.74) is 2.72. The third-order valence-corrected chi connectivity index (χ3v) is 7.02. The molecule has 0 aliphatic rings. The topological polar surface area (TPSA) is 35.5 Å². The Morgan fingerprint density at radius 3 is 1.46 bits per heavy atom. The van der Waals surface area contributed by atoms with Crippen molar-refractivity contribution in [3.63, 3.8) is 0 Å². The van der Waals surface area contributed by atoms with Crippen LogP contribution in [0.4, 0.5) is 4.20 Å². The summed E-state index contributed by atoms with van der Waals surface area (Å²) in [4.78, 5) is 0. The fourth-order valence-electron chi connectivity index (χ4n) is 4.00. The molecular weight excluding hydrogens is 458 g/mol. The summed E-state index contributed by atoms with van der Waals surface area (Å²) >= 11 is 0. The minimum Gasteiger partial charge on any atom is -0.392 e. The van der Waals surface area contributed by atoms with Gasteiger partial charge in [0.15, 0.2) is 0 Å². The Hall–Kier alpha value is -2.06. The van der Waals surface area contributed by atoms with Gasteiger partial charge >= 0.3 is 7.91 Å². The number of hydrogen-bond acceptors (Lipinski definition) is 3. The molecule has 0 aliphatic carbocycles. The van der Waals surface area contributed by atoms with Gasteiger partial charge in [0.2, 0.25) is 0 Å². The molecule has 0 N–H and O–H groups in total. The summed E-state index contributed by atoms with van der Waals surface area (Å²) in [6, 6.07) is 11.2. The zero-order valence-electron chi connectivity index (χ0n) is 23.7. The van der Waals surface area contributed by atoms with Gasteiger partial charge in [0, 0.05) is 16.5 Å². The normalized spacial score (nSPS) is 15.2. The van der Waals surface area contributed by atoms with E-state index in [-0.39, 0.29) is 27.7 Å². The van der Waals surface area contributed by atoms with Crippen LogP contribution in [-0.4, -0.2) is 0 Å². The first-order valence-electron chi connectivity index (χ1n) is 12.3. The van der Waals surface area contributed by atoms with Crippen LogP contribution in [0.15, 0.2) is 48.6 Å². The highest BCUT2D eigenvalue weighted by molar-refractivity contribution is 7.48. The summed E-state index contributed by atoms with van der Waals surface area (Å²) in [6.45, 7) is 24.8. The number of rotatable bonds is 6. The highest BCUT2D eigenvalue weighted by Gasteiger charge is 2.35. The van der Waals surface area contributed by atoms with E-state index in [0.717, 1.165) is 22.3 Å². The lowest BCUT2D eigenvalue weighted by Crippen LogP contribution is -2.19. The molecule has 2 aromatic rings. The van der Waals surface area contributed by atoms with Gasteiger partial charge in [-0.1, -0.05) is 113 Å². The number of allylic oxidation sites excluding steroid dienone is 2. The van der Waals surface area contributed by atoms with Crippen molar-refractivity contribution < 1.29 is 17.8 Å². The van der Waals surface area contributed by atoms with E-state index in [1.54, 1.807) is 12.1 Å². The van der Waals surface area contributed by atoms with Crippen LogP contribution in [0, 0.1) is 0 Å². The number of hydrogen-bond donors (Lipinski definition) is 0. The second kappa shape index (κ2) is 9.77. The van der Waals surface area contributed by atoms with Crippen LogP contribution >= 0.6 is 7.91 Å². The standard InChI is InChI=1S/C30H44FO3P/c1-13-18-30(11,12)24-20-22(28(5,6)7)15-17-26(24)34-35(31,32)33-25-16-14-21(27(2,3)4)19-23(25)29(8,9)10/h13-20H,1-12H3. The molecule has 0 radical (unpaired) electrons. The molecule has 0 amide bonds. The molecule has 0 spiro atoms. The van der Waals surface area contributed by atoms with Gasteiger partial charge < -0.3 is 9.05 Å². The fraction of sp³-hybridized carbons (Fsp3) is 0.533. The molecule has 2 aromatic carbocycles. The molecule has 194 valence electrons. The predicted molar refractivity (Wildman–Crippen MR) is 147 cm³/mol. The lowest BCUT2D eigenvalue weighted by atomic mass is 9.79. The molecule has 5 heteroatoms. The molecule has 1 atom stereocenters. The summed E-state index contributed by atoms with van der Waals surface area (Å²) in [6.07, 6.45) is 3.97. The van der Waals surface area contributed by atoms with Crippen molar-refractivity contribution in [1.29, 1.82) is 0 Å². The van der Waals surface area contributed by atoms with Gasteiger partial charge in [0.05, 0.1) is 0 Å². The van der Waals surface area contributed by atoms with Crippen LogP contribution in [0.2, 0.25) is 0 Å². The largest absolute Gasteiger partial charge is 0.628 e. The Balaban J connectivity index is 2.54. The Labute approximate surface area is 212 Å². The fourth-order valence-corrected chi connectivity index (χ4v) is 4.83. The molecule has 2 rings (SSSR count). The van der Waals surface area contributed by atoms with Crippen molar-refractivity contribution in [1.82, 2.24) is 0 Å². The lowest BCUT2D eigenvalue weighted by molar-refractivity contribution is 0.331. The summed E-state index contributed by atoms with van der Waals surface area (Å²) in [5.74, 6) is 0.451. The minimum atomic E-state index is -4.98. The average molecular weight is 503 g/mol. The maximum atomic E-state index is 15.5. The van der Waals surface area contributed by atoms with Crippen LogP contribution in [0.5, 0.6) is 11.5 Å². The molecule has 0 saturated heterocycles. The molecule has 3 nitrogen and oxygen atoms in total. The lowest BCUT2D eigenvalue weighted by Gasteiger charge is -2.29. The van der Waals surface area contributed by atoms with Gasteiger partial charge in [0.25, 0.3) is 0 Å². The molecule has 1 unspecified atom stereocenters. The van der Waals surface area contributed by atoms with Crippen LogP contribution in [0.3, 0.4) is 0 Å². The summed E-state index contributed by atoms with van der Waals surface area (Å²) < 4.78 is 39.7. The highest BCUT2D eigenvalue weighted by Crippen LogP contribution is 2.54. The van der Waals surface area contributed by atoms with E-state index in [1.165, 1.54) is 0 Å². The molecule has 0 aromatic heterocycles. The SMILES string of the molecule is CC=CC(C)(C)c1cc(C(C)(C)C)ccc1OP(=O)(F)Oc1ccc(C(C)(C)C)cc1C(C)(C)C. The molecule has 35 heavy (non-hydrogen) atoms. The van der Waals surface area contributed by atoms with E-state index in [9.17, 15) is 4.57 Å². The average Bonchev–Trinajstić information content (AvgIpc) is 2.65. The van der Waals surface area contributed by atoms with Gasteiger partial charge in [-0.05, 0) is 46.4 Å². The van der Waals surface area contributed by atoms with Crippen molar-refractivity contribution >= 4 is 7.91 Å². The first-order valence-corrected chi connectivity index (χ1v) is 13.7. The van der Waals surface area contributed by atoms with Crippen molar-refractivity contribution in [3.8, 4) is 11.5 Å². The molecule has 0 aliphatic heterocycles. The van der Waals surface area contributed by atoms with Crippen LogP contribution in [-0.2, 0) is 26.2 Å². The number of benzene rings is 2. The maximum Gasteiger partial charge on any atom is 0.628 e. The van der Waals surface area contributed by atoms with Crippen LogP contribution in [0.25, 0.3) is 0 Å². The van der Waals surface area contributed by atoms with Crippen LogP contribution in [0.1, 0.15) is 105 Å². The van der Waals surface area contributed by atoms with Crippen molar-refractivity contribution in [2.24, 2.45) is 0 Å². The molecular formula is C30H44FO3P. The van der Waals surface area contributed by atoms with Gasteiger partial charge in [-0.2, -0.15) is 0 Å². The third-order valence-electron chi connectivity index (χ3n) is 6.19. The van der Waals surface area contributed by atoms with Crippen LogP contribution < -0.4 is 9.05 Å². The Bertz CT molecular complexity index is 1130. The third kappa shape index (κ3) is 7.46. The van der Waals surface area contributed by atoms with E-state index >= 15 is 4.20 Å². The number of halogens is 1. The summed E-state index contributed by atoms with van der Waals surface area (Å²) in [5, 5.41) is 0. The molecule has 0 fully saturated rings. The van der Waals surface area contributed by atoms with E-state index in [2.05, 4.69) is 41.5 Å². The van der Waals surface area contributed by atoms with E-state index < -0.39 is 13.3 Å². The zero-order chi connectivity index (χ0) is 27.0. The van der Waals surface area contributed by atoms with Gasteiger partial charge in [-0.3, -0.25) is 0 Å². The highest BCUT2D eigenvalue weighted by atomic mass is 31.2. The second-order valence-electron chi connectivity index (χ2n) is 13.0. The quantitative estimate of drug-likeness (QED) is 0.291. The monoisotopic (exact) mass is 502 g/mol.